The fraction of sp³-hybridized carbons (Fsp3) is 1.00. The quantitative estimate of drug-likeness (QED) is 0.167. The Hall–Kier alpha value is 2.13. The molecule has 6 atom stereocenters. The smallest absolute Gasteiger partial charge is 0.543 e. The summed E-state index contributed by atoms with van der Waals surface area (Å²) in [6.45, 7) is 4.45. The summed E-state index contributed by atoms with van der Waals surface area (Å²) < 4.78 is 67.8. The van der Waals surface area contributed by atoms with Crippen LogP contribution in [0.3, 0.4) is 0 Å². The summed E-state index contributed by atoms with van der Waals surface area (Å²) in [6.07, 6.45) is 7.06. The van der Waals surface area contributed by atoms with Gasteiger partial charge in [0, 0.05) is 6.38 Å². The molecular formula is C9H21ClO15P6Sn2+6. The van der Waals surface area contributed by atoms with Gasteiger partial charge in [0.15, 0.2) is 0 Å². The Kier molecular flexibility index (Phi) is 64.5. The van der Waals surface area contributed by atoms with Gasteiger partial charge >= 0.3 is 143 Å². The SMILES string of the molecule is CCC[CH2][Sn+3].CCC[CH2][Sn+3].CCl.O=[P+]([O-])O[P+](=O)[O-].O=[P+]([O-])O[P+](=O)[O-].O=[P+]([O-])O[P+](=O)[O-]. The summed E-state index contributed by atoms with van der Waals surface area (Å²) in [5, 5.41) is 0. The van der Waals surface area contributed by atoms with Gasteiger partial charge in [0.1, 0.15) is 12.9 Å². The van der Waals surface area contributed by atoms with Gasteiger partial charge in [-0.3, -0.25) is 0 Å². The molecule has 6 unspecified atom stereocenters. The van der Waals surface area contributed by atoms with Crippen LogP contribution in [0.5, 0.6) is 0 Å². The molecule has 0 rings (SSSR count). The van der Waals surface area contributed by atoms with Crippen molar-refractivity contribution in [3.63, 3.8) is 0 Å². The molecule has 0 aliphatic rings. The Morgan fingerprint density at radius 3 is 0.697 bits per heavy atom. The van der Waals surface area contributed by atoms with Crippen LogP contribution in [-0.2, 0) is 40.3 Å². The molecule has 0 aromatic rings. The van der Waals surface area contributed by atoms with Crippen LogP contribution in [0.25, 0.3) is 0 Å². The predicted molar refractivity (Wildman–Crippen MR) is 112 cm³/mol. The Balaban J connectivity index is -0.0000000682. The fourth-order valence-electron chi connectivity index (χ4n) is 0.517. The summed E-state index contributed by atoms with van der Waals surface area (Å²) >= 11 is 8.01. The van der Waals surface area contributed by atoms with E-state index in [1.165, 1.54) is 40.9 Å². The van der Waals surface area contributed by atoms with Crippen LogP contribution < -0.4 is 29.4 Å². The van der Waals surface area contributed by atoms with Gasteiger partial charge in [-0.2, -0.15) is 0 Å². The predicted octanol–water partition coefficient (Wildman–Crippen LogP) is 0.717. The first-order chi connectivity index (χ1) is 15.2. The average molecular weight is 828 g/mol. The third-order valence-electron chi connectivity index (χ3n) is 1.46. The molecule has 15 nitrogen and oxygen atoms in total. The van der Waals surface area contributed by atoms with Gasteiger partial charge < -0.3 is 29.4 Å². The van der Waals surface area contributed by atoms with Gasteiger partial charge in [0.2, 0.25) is 0 Å². The van der Waals surface area contributed by atoms with Crippen molar-refractivity contribution < 1.29 is 69.7 Å². The monoisotopic (exact) mass is 830 g/mol. The van der Waals surface area contributed by atoms with Gasteiger partial charge in [0.05, 0.1) is 0 Å². The topological polar surface area (TPSA) is 268 Å². The fourth-order valence-corrected chi connectivity index (χ4v) is 3.84. The van der Waals surface area contributed by atoms with E-state index in [4.69, 9.17) is 0 Å². The molecule has 0 spiro atoms. The van der Waals surface area contributed by atoms with Crippen molar-refractivity contribution in [1.82, 2.24) is 0 Å². The van der Waals surface area contributed by atoms with Crippen LogP contribution in [0, 0.1) is 0 Å². The van der Waals surface area contributed by atoms with E-state index in [-0.39, 0.29) is 0 Å². The van der Waals surface area contributed by atoms with Gasteiger partial charge in [-0.05, 0) is 27.4 Å². The number of unbranched alkanes of at least 4 members (excludes halogenated alkanes) is 2. The van der Waals surface area contributed by atoms with E-state index in [1.54, 1.807) is 45.0 Å². The molecule has 0 N–H and O–H groups in total. The van der Waals surface area contributed by atoms with E-state index in [0.717, 1.165) is 0 Å². The third kappa shape index (κ3) is 107. The summed E-state index contributed by atoms with van der Waals surface area (Å²) in [5.41, 5.74) is 0. The summed E-state index contributed by atoms with van der Waals surface area (Å²) in [4.78, 5) is 55.4. The summed E-state index contributed by atoms with van der Waals surface area (Å²) in [6, 6.07) is 0. The van der Waals surface area contributed by atoms with Crippen LogP contribution in [0.15, 0.2) is 0 Å². The molecule has 0 bridgehead atoms. The van der Waals surface area contributed by atoms with E-state index < -0.39 is 49.5 Å². The molecule has 0 saturated heterocycles. The number of alkyl halides is 1. The van der Waals surface area contributed by atoms with Crippen LogP contribution >= 0.6 is 61.1 Å². The van der Waals surface area contributed by atoms with Crippen LogP contribution in [0.4, 0.5) is 0 Å². The van der Waals surface area contributed by atoms with E-state index in [9.17, 15) is 56.8 Å². The van der Waals surface area contributed by atoms with Crippen LogP contribution in [0.2, 0.25) is 8.87 Å². The van der Waals surface area contributed by atoms with Crippen molar-refractivity contribution in [2.24, 2.45) is 0 Å². The first kappa shape index (κ1) is 48.2. The number of hydrogen-bond donors (Lipinski definition) is 0. The first-order valence-corrected chi connectivity index (χ1v) is 19.2. The van der Waals surface area contributed by atoms with Gasteiger partial charge in [0.25, 0.3) is 0 Å². The molecular weight excluding hydrogens is 807 g/mol. The van der Waals surface area contributed by atoms with Crippen molar-refractivity contribution in [2.75, 3.05) is 6.38 Å². The van der Waals surface area contributed by atoms with E-state index in [0.29, 0.717) is 0 Å². The molecule has 0 aromatic carbocycles. The van der Waals surface area contributed by atoms with Crippen molar-refractivity contribution in [2.45, 2.75) is 48.4 Å². The van der Waals surface area contributed by atoms with Crippen molar-refractivity contribution in [3.05, 3.63) is 0 Å². The average Bonchev–Trinajstić information content (AvgIpc) is 2.63. The maximum absolute atomic E-state index is 9.24. The van der Waals surface area contributed by atoms with Gasteiger partial charge in [-0.1, -0.05) is 0 Å². The number of rotatable bonds is 10. The molecule has 0 fully saturated rings. The Bertz CT molecular complexity index is 424. The molecule has 0 aromatic heterocycles. The van der Waals surface area contributed by atoms with Crippen molar-refractivity contribution >= 4 is 106 Å². The maximum atomic E-state index is 9.24. The molecule has 0 amide bonds. The van der Waals surface area contributed by atoms with Crippen molar-refractivity contribution in [1.29, 1.82) is 0 Å². The molecule has 0 radical (unpaired) electrons. The first-order valence-electron chi connectivity index (χ1n) is 7.79. The second-order valence-corrected chi connectivity index (χ2v) is 11.3. The Labute approximate surface area is 229 Å². The zero-order chi connectivity index (χ0) is 27.8. The van der Waals surface area contributed by atoms with Crippen LogP contribution in [-0.4, -0.2) is 51.4 Å². The number of halogens is 1. The zero-order valence-electron chi connectivity index (χ0n) is 17.4. The van der Waals surface area contributed by atoms with E-state index >= 15 is 0 Å². The minimum absolute atomic E-state index is 1.37. The maximum Gasteiger partial charge on any atom is 0.543 e. The third-order valence-corrected chi connectivity index (χ3v) is 6.68. The zero-order valence-corrected chi connectivity index (χ0v) is 29.3. The molecule has 186 valence electrons. The standard InChI is InChI=1S/2C4H9.CH3Cl.3O5P2.2Sn/c2*1-3-4-2;1-2;3*1-6(2)5-7(3)4;;/h2*1,3-4H2,2H3;1H3;;;;;/q;;;;;;2*+3. The molecule has 33 heavy (non-hydrogen) atoms. The minimum Gasteiger partial charge on any atom is -0.563 e. The summed E-state index contributed by atoms with van der Waals surface area (Å²) in [7, 11) is -19.4. The second-order valence-electron chi connectivity index (χ2n) is 3.79. The molecule has 0 aliphatic carbocycles. The molecule has 24 heteroatoms. The van der Waals surface area contributed by atoms with Gasteiger partial charge in [-0.15, -0.1) is 11.6 Å². The normalized spacial score (nSPS) is 11.3. The van der Waals surface area contributed by atoms with E-state index in [1.807, 2.05) is 0 Å². The molecule has 0 aliphatic heterocycles. The minimum atomic E-state index is -3.24. The van der Waals surface area contributed by atoms with E-state index in [2.05, 4.69) is 38.4 Å². The van der Waals surface area contributed by atoms with Crippen LogP contribution in [0.1, 0.15) is 39.5 Å². The molecule has 0 saturated carbocycles. The largest absolute Gasteiger partial charge is 0.563 e. The second kappa shape index (κ2) is 44.1. The van der Waals surface area contributed by atoms with Crippen molar-refractivity contribution in [3.8, 4) is 0 Å². The number of hydrogen-bond acceptors (Lipinski definition) is 15. The summed E-state index contributed by atoms with van der Waals surface area (Å²) in [5.74, 6) is 0. The Morgan fingerprint density at radius 2 is 0.697 bits per heavy atom. The molecule has 0 heterocycles. The van der Waals surface area contributed by atoms with Gasteiger partial charge in [-0.25, -0.2) is 0 Å². The Morgan fingerprint density at radius 1 is 0.545 bits per heavy atom.